The quantitative estimate of drug-likeness (QED) is 0.421. The molecule has 1 N–H and O–H groups in total. The molecule has 0 amide bonds. The van der Waals surface area contributed by atoms with E-state index in [1.165, 1.54) is 0 Å². The lowest BCUT2D eigenvalue weighted by atomic mass is 10.5. The molecule has 0 spiro atoms. The number of hydrogen-bond acceptors (Lipinski definition) is 4. The van der Waals surface area contributed by atoms with Crippen molar-refractivity contribution in [2.24, 2.45) is 0 Å². The summed E-state index contributed by atoms with van der Waals surface area (Å²) in [4.78, 5) is 2.16. The number of methoxy groups -OCH3 is 1. The zero-order valence-corrected chi connectivity index (χ0v) is 7.84. The summed E-state index contributed by atoms with van der Waals surface area (Å²) in [7, 11) is 3.73. The molecule has 0 saturated carbocycles. The van der Waals surface area contributed by atoms with E-state index >= 15 is 0 Å². The Labute approximate surface area is 74.1 Å². The van der Waals surface area contributed by atoms with Crippen LogP contribution in [0.3, 0.4) is 0 Å². The smallest absolute Gasteiger partial charge is 0.0841 e. The number of nitrogens with zero attached hydrogens (tertiary/aromatic N) is 2. The first-order valence-electron chi connectivity index (χ1n) is 4.06. The fourth-order valence-corrected chi connectivity index (χ4v) is 0.773. The van der Waals surface area contributed by atoms with Crippen molar-refractivity contribution in [2.75, 3.05) is 46.9 Å². The van der Waals surface area contributed by atoms with Gasteiger partial charge in [-0.2, -0.15) is 5.26 Å². The number of nitrogens with one attached hydrogen (secondary N) is 1. The first-order chi connectivity index (χ1) is 5.81. The molecule has 0 saturated heterocycles. The molecule has 12 heavy (non-hydrogen) atoms. The number of ether oxygens (including phenoxy) is 1. The van der Waals surface area contributed by atoms with E-state index in [0.717, 1.165) is 26.2 Å². The molecule has 0 aliphatic heterocycles. The highest BCUT2D eigenvalue weighted by molar-refractivity contribution is 4.72. The van der Waals surface area contributed by atoms with Gasteiger partial charge in [-0.25, -0.2) is 0 Å². The summed E-state index contributed by atoms with van der Waals surface area (Å²) in [5.41, 5.74) is 0. The topological polar surface area (TPSA) is 48.3 Å². The molecule has 0 atom stereocenters. The van der Waals surface area contributed by atoms with E-state index in [0.29, 0.717) is 6.54 Å². The summed E-state index contributed by atoms with van der Waals surface area (Å²) in [5.74, 6) is 0. The second-order valence-corrected chi connectivity index (χ2v) is 2.63. The van der Waals surface area contributed by atoms with Gasteiger partial charge in [0.05, 0.1) is 19.2 Å². The standard InChI is InChI=1S/C8H17N3O/c1-11(7-8-12-2)6-5-10-4-3-9/h10H,4-8H2,1-2H3. The maximum atomic E-state index is 8.23. The van der Waals surface area contributed by atoms with Crippen LogP contribution in [0.5, 0.6) is 0 Å². The highest BCUT2D eigenvalue weighted by Gasteiger charge is 1.95. The van der Waals surface area contributed by atoms with E-state index in [1.807, 2.05) is 13.1 Å². The van der Waals surface area contributed by atoms with Gasteiger partial charge < -0.3 is 15.0 Å². The van der Waals surface area contributed by atoms with Gasteiger partial charge in [0.2, 0.25) is 0 Å². The molecule has 70 valence electrons. The molecule has 4 heteroatoms. The van der Waals surface area contributed by atoms with Crippen molar-refractivity contribution in [2.45, 2.75) is 0 Å². The van der Waals surface area contributed by atoms with E-state index in [4.69, 9.17) is 10.00 Å². The molecule has 0 rings (SSSR count). The van der Waals surface area contributed by atoms with Crippen molar-refractivity contribution in [1.82, 2.24) is 10.2 Å². The van der Waals surface area contributed by atoms with Gasteiger partial charge in [0, 0.05) is 26.7 Å². The molecule has 0 bridgehead atoms. The summed E-state index contributed by atoms with van der Waals surface area (Å²) in [6.07, 6.45) is 0. The second kappa shape index (κ2) is 8.47. The largest absolute Gasteiger partial charge is 0.383 e. The van der Waals surface area contributed by atoms with E-state index in [1.54, 1.807) is 7.11 Å². The Bertz CT molecular complexity index is 133. The zero-order chi connectivity index (χ0) is 9.23. The Morgan fingerprint density at radius 2 is 2.25 bits per heavy atom. The molecule has 0 fully saturated rings. The summed E-state index contributed by atoms with van der Waals surface area (Å²) in [6, 6.07) is 2.03. The molecular formula is C8H17N3O. The van der Waals surface area contributed by atoms with Crippen LogP contribution in [0.1, 0.15) is 0 Å². The SMILES string of the molecule is COCCN(C)CCNCC#N. The van der Waals surface area contributed by atoms with Gasteiger partial charge in [0.15, 0.2) is 0 Å². The maximum absolute atomic E-state index is 8.23. The summed E-state index contributed by atoms with van der Waals surface area (Å²) in [6.45, 7) is 3.93. The number of rotatable bonds is 7. The lowest BCUT2D eigenvalue weighted by molar-refractivity contribution is 0.161. The molecule has 0 radical (unpaired) electrons. The van der Waals surface area contributed by atoms with Gasteiger partial charge in [-0.1, -0.05) is 0 Å². The maximum Gasteiger partial charge on any atom is 0.0841 e. The van der Waals surface area contributed by atoms with Crippen molar-refractivity contribution in [1.29, 1.82) is 5.26 Å². The molecule has 0 aromatic rings. The fraction of sp³-hybridized carbons (Fsp3) is 0.875. The van der Waals surface area contributed by atoms with Crippen molar-refractivity contribution in [3.63, 3.8) is 0 Å². The third-order valence-electron chi connectivity index (χ3n) is 1.55. The summed E-state index contributed by atoms with van der Waals surface area (Å²) in [5, 5.41) is 11.2. The Morgan fingerprint density at radius 3 is 2.83 bits per heavy atom. The van der Waals surface area contributed by atoms with E-state index in [-0.39, 0.29) is 0 Å². The van der Waals surface area contributed by atoms with Crippen molar-refractivity contribution >= 4 is 0 Å². The van der Waals surface area contributed by atoms with E-state index in [2.05, 4.69) is 10.2 Å². The van der Waals surface area contributed by atoms with Gasteiger partial charge in [0.1, 0.15) is 0 Å². The molecule has 0 aromatic heterocycles. The number of nitriles is 1. The summed E-state index contributed by atoms with van der Waals surface area (Å²) >= 11 is 0. The molecule has 4 nitrogen and oxygen atoms in total. The Balaban J connectivity index is 3.09. The highest BCUT2D eigenvalue weighted by Crippen LogP contribution is 1.80. The minimum absolute atomic E-state index is 0.429. The molecular weight excluding hydrogens is 154 g/mol. The monoisotopic (exact) mass is 171 g/mol. The molecule has 0 aliphatic rings. The minimum atomic E-state index is 0.429. The average molecular weight is 171 g/mol. The third kappa shape index (κ3) is 7.48. The van der Waals surface area contributed by atoms with E-state index in [9.17, 15) is 0 Å². The number of likely N-dealkylation sites (N-methyl/N-ethyl adjacent to an activating group) is 1. The van der Waals surface area contributed by atoms with Crippen LogP contribution in [-0.2, 0) is 4.74 Å². The third-order valence-corrected chi connectivity index (χ3v) is 1.55. The van der Waals surface area contributed by atoms with E-state index < -0.39 is 0 Å². The Kier molecular flexibility index (Phi) is 8.02. The van der Waals surface area contributed by atoms with Crippen LogP contribution in [0, 0.1) is 11.3 Å². The normalized spacial score (nSPS) is 10.2. The lowest BCUT2D eigenvalue weighted by Crippen LogP contribution is -2.31. The summed E-state index contributed by atoms with van der Waals surface area (Å²) < 4.78 is 4.93. The van der Waals surface area contributed by atoms with Crippen LogP contribution in [0.4, 0.5) is 0 Å². The molecule has 0 aliphatic carbocycles. The van der Waals surface area contributed by atoms with Crippen molar-refractivity contribution in [3.05, 3.63) is 0 Å². The second-order valence-electron chi connectivity index (χ2n) is 2.63. The predicted molar refractivity (Wildman–Crippen MR) is 47.9 cm³/mol. The van der Waals surface area contributed by atoms with Crippen LogP contribution < -0.4 is 5.32 Å². The van der Waals surface area contributed by atoms with Crippen LogP contribution in [0.15, 0.2) is 0 Å². The molecule has 0 aromatic carbocycles. The Morgan fingerprint density at radius 1 is 1.50 bits per heavy atom. The first kappa shape index (κ1) is 11.4. The van der Waals surface area contributed by atoms with Gasteiger partial charge in [0.25, 0.3) is 0 Å². The van der Waals surface area contributed by atoms with Crippen LogP contribution in [-0.4, -0.2) is 51.8 Å². The van der Waals surface area contributed by atoms with Gasteiger partial charge >= 0.3 is 0 Å². The predicted octanol–water partition coefficient (Wildman–Crippen LogP) is -0.322. The van der Waals surface area contributed by atoms with Crippen LogP contribution in [0.25, 0.3) is 0 Å². The molecule has 0 heterocycles. The van der Waals surface area contributed by atoms with Crippen LogP contribution in [0.2, 0.25) is 0 Å². The highest BCUT2D eigenvalue weighted by atomic mass is 16.5. The minimum Gasteiger partial charge on any atom is -0.383 e. The number of hydrogen-bond donors (Lipinski definition) is 1. The Hall–Kier alpha value is -0.630. The first-order valence-corrected chi connectivity index (χ1v) is 4.06. The van der Waals surface area contributed by atoms with Crippen molar-refractivity contribution < 1.29 is 4.74 Å². The van der Waals surface area contributed by atoms with Gasteiger partial charge in [-0.3, -0.25) is 0 Å². The average Bonchev–Trinajstić information content (AvgIpc) is 2.09. The lowest BCUT2D eigenvalue weighted by Gasteiger charge is -2.15. The van der Waals surface area contributed by atoms with Crippen molar-refractivity contribution in [3.8, 4) is 6.07 Å². The van der Waals surface area contributed by atoms with Gasteiger partial charge in [-0.05, 0) is 7.05 Å². The van der Waals surface area contributed by atoms with Crippen LogP contribution >= 0.6 is 0 Å². The zero-order valence-electron chi connectivity index (χ0n) is 7.84. The fourth-order valence-electron chi connectivity index (χ4n) is 0.773. The molecule has 0 unspecified atom stereocenters. The van der Waals surface area contributed by atoms with Gasteiger partial charge in [-0.15, -0.1) is 0 Å².